The molecule has 78 valence electrons. The highest BCUT2D eigenvalue weighted by Gasteiger charge is 2.23. The summed E-state index contributed by atoms with van der Waals surface area (Å²) in [7, 11) is 2.01. The van der Waals surface area contributed by atoms with Crippen molar-refractivity contribution in [3.63, 3.8) is 0 Å². The minimum absolute atomic E-state index is 0.276. The van der Waals surface area contributed by atoms with Crippen LogP contribution in [0.25, 0.3) is 0 Å². The van der Waals surface area contributed by atoms with Crippen molar-refractivity contribution in [2.45, 2.75) is 25.4 Å². The molecule has 0 aliphatic carbocycles. The largest absolute Gasteiger partial charge is 0.395 e. The molecular weight excluding hydrogens is 178 g/mol. The molecule has 0 bridgehead atoms. The van der Waals surface area contributed by atoms with E-state index in [4.69, 9.17) is 0 Å². The lowest BCUT2D eigenvalue weighted by Crippen LogP contribution is -2.32. The van der Waals surface area contributed by atoms with E-state index in [0.717, 1.165) is 19.5 Å². The lowest BCUT2D eigenvalue weighted by molar-refractivity contribution is 0.151. The maximum absolute atomic E-state index is 9.17. The van der Waals surface area contributed by atoms with Crippen LogP contribution in [0.15, 0.2) is 12.5 Å². The summed E-state index contributed by atoms with van der Waals surface area (Å²) >= 11 is 0. The Morgan fingerprint density at radius 2 is 2.50 bits per heavy atom. The molecule has 2 heterocycles. The summed E-state index contributed by atoms with van der Waals surface area (Å²) < 4.78 is 2.03. The van der Waals surface area contributed by atoms with Crippen LogP contribution < -0.4 is 0 Å². The SMILES string of the molecule is Cn1cncc1CN1CCCC1CO. The van der Waals surface area contributed by atoms with Gasteiger partial charge >= 0.3 is 0 Å². The fourth-order valence-corrected chi connectivity index (χ4v) is 2.06. The third kappa shape index (κ3) is 1.81. The van der Waals surface area contributed by atoms with Gasteiger partial charge in [-0.15, -0.1) is 0 Å². The van der Waals surface area contributed by atoms with Gasteiger partial charge in [-0.2, -0.15) is 0 Å². The Balaban J connectivity index is 2.00. The van der Waals surface area contributed by atoms with Gasteiger partial charge in [-0.1, -0.05) is 0 Å². The summed E-state index contributed by atoms with van der Waals surface area (Å²) in [5.41, 5.74) is 1.21. The topological polar surface area (TPSA) is 41.3 Å². The predicted molar refractivity (Wildman–Crippen MR) is 53.7 cm³/mol. The number of imidazole rings is 1. The second kappa shape index (κ2) is 4.11. The van der Waals surface area contributed by atoms with E-state index in [-0.39, 0.29) is 6.61 Å². The highest BCUT2D eigenvalue weighted by Crippen LogP contribution is 2.18. The van der Waals surface area contributed by atoms with Crippen molar-refractivity contribution < 1.29 is 5.11 Å². The second-order valence-electron chi connectivity index (χ2n) is 3.94. The van der Waals surface area contributed by atoms with Crippen LogP contribution in [0.2, 0.25) is 0 Å². The zero-order valence-corrected chi connectivity index (χ0v) is 8.56. The molecule has 0 amide bonds. The van der Waals surface area contributed by atoms with E-state index in [9.17, 15) is 5.11 Å². The third-order valence-corrected chi connectivity index (χ3v) is 2.99. The number of hydrogen-bond acceptors (Lipinski definition) is 3. The molecule has 1 N–H and O–H groups in total. The molecule has 1 aliphatic rings. The molecule has 0 aromatic carbocycles. The molecule has 1 atom stereocenters. The fourth-order valence-electron chi connectivity index (χ4n) is 2.06. The molecule has 4 nitrogen and oxygen atoms in total. The molecule has 2 rings (SSSR count). The van der Waals surface area contributed by atoms with Crippen LogP contribution in [0, 0.1) is 0 Å². The van der Waals surface area contributed by atoms with E-state index in [2.05, 4.69) is 9.88 Å². The first-order valence-electron chi connectivity index (χ1n) is 5.11. The van der Waals surface area contributed by atoms with Crippen LogP contribution in [0.4, 0.5) is 0 Å². The van der Waals surface area contributed by atoms with Gasteiger partial charge < -0.3 is 9.67 Å². The van der Waals surface area contributed by atoms with Crippen molar-refractivity contribution >= 4 is 0 Å². The molecule has 14 heavy (non-hydrogen) atoms. The van der Waals surface area contributed by atoms with Crippen molar-refractivity contribution in [2.75, 3.05) is 13.2 Å². The van der Waals surface area contributed by atoms with Gasteiger partial charge in [0.2, 0.25) is 0 Å². The molecule has 1 aliphatic heterocycles. The molecular formula is C10H17N3O. The van der Waals surface area contributed by atoms with Crippen LogP contribution in [-0.4, -0.2) is 38.8 Å². The van der Waals surface area contributed by atoms with E-state index in [1.165, 1.54) is 12.1 Å². The first kappa shape index (κ1) is 9.68. The molecule has 1 fully saturated rings. The zero-order chi connectivity index (χ0) is 9.97. The fraction of sp³-hybridized carbons (Fsp3) is 0.700. The highest BCUT2D eigenvalue weighted by molar-refractivity contribution is 4.98. The Kier molecular flexibility index (Phi) is 2.84. The number of rotatable bonds is 3. The molecule has 1 unspecified atom stereocenters. The van der Waals surface area contributed by atoms with Gasteiger partial charge in [0.1, 0.15) is 0 Å². The number of aromatic nitrogens is 2. The van der Waals surface area contributed by atoms with Gasteiger partial charge in [-0.25, -0.2) is 4.98 Å². The molecule has 1 saturated heterocycles. The van der Waals surface area contributed by atoms with E-state index >= 15 is 0 Å². The van der Waals surface area contributed by atoms with E-state index in [1.54, 1.807) is 0 Å². The van der Waals surface area contributed by atoms with Crippen molar-refractivity contribution in [3.05, 3.63) is 18.2 Å². The first-order valence-corrected chi connectivity index (χ1v) is 5.11. The Morgan fingerprint density at radius 1 is 1.64 bits per heavy atom. The van der Waals surface area contributed by atoms with Gasteiger partial charge in [0.25, 0.3) is 0 Å². The summed E-state index contributed by atoms with van der Waals surface area (Å²) in [4.78, 5) is 6.42. The minimum Gasteiger partial charge on any atom is -0.395 e. The quantitative estimate of drug-likeness (QED) is 0.758. The Labute approximate surface area is 84.2 Å². The average Bonchev–Trinajstić information content (AvgIpc) is 2.77. The van der Waals surface area contributed by atoms with Crippen molar-refractivity contribution in [1.29, 1.82) is 0 Å². The van der Waals surface area contributed by atoms with E-state index < -0.39 is 0 Å². The molecule has 4 heteroatoms. The second-order valence-corrected chi connectivity index (χ2v) is 3.94. The summed E-state index contributed by atoms with van der Waals surface area (Å²) in [5, 5.41) is 9.17. The Hall–Kier alpha value is -0.870. The first-order chi connectivity index (χ1) is 6.81. The van der Waals surface area contributed by atoms with Crippen LogP contribution >= 0.6 is 0 Å². The number of aryl methyl sites for hydroxylation is 1. The Morgan fingerprint density at radius 3 is 3.14 bits per heavy atom. The van der Waals surface area contributed by atoms with Crippen LogP contribution in [0.1, 0.15) is 18.5 Å². The number of aliphatic hydroxyl groups excluding tert-OH is 1. The summed E-state index contributed by atoms with van der Waals surface area (Å²) in [6.07, 6.45) is 6.03. The van der Waals surface area contributed by atoms with Crippen LogP contribution in [-0.2, 0) is 13.6 Å². The Bertz CT molecular complexity index is 297. The molecule has 1 aromatic rings. The lowest BCUT2D eigenvalue weighted by Gasteiger charge is -2.22. The van der Waals surface area contributed by atoms with Gasteiger partial charge in [-0.05, 0) is 19.4 Å². The zero-order valence-electron chi connectivity index (χ0n) is 8.56. The van der Waals surface area contributed by atoms with Gasteiger partial charge in [0.15, 0.2) is 0 Å². The molecule has 0 saturated carbocycles. The maximum atomic E-state index is 9.17. The van der Waals surface area contributed by atoms with Crippen LogP contribution in [0.5, 0.6) is 0 Å². The van der Waals surface area contributed by atoms with E-state index in [1.807, 2.05) is 24.1 Å². The molecule has 0 spiro atoms. The maximum Gasteiger partial charge on any atom is 0.0945 e. The van der Waals surface area contributed by atoms with Gasteiger partial charge in [0, 0.05) is 25.8 Å². The number of likely N-dealkylation sites (tertiary alicyclic amines) is 1. The summed E-state index contributed by atoms with van der Waals surface area (Å²) in [5.74, 6) is 0. The smallest absolute Gasteiger partial charge is 0.0945 e. The average molecular weight is 195 g/mol. The molecule has 0 radical (unpaired) electrons. The minimum atomic E-state index is 0.276. The number of aliphatic hydroxyl groups is 1. The lowest BCUT2D eigenvalue weighted by atomic mass is 10.2. The summed E-state index contributed by atoms with van der Waals surface area (Å²) in [6.45, 7) is 2.27. The predicted octanol–water partition coefficient (Wildman–Crippen LogP) is 0.377. The van der Waals surface area contributed by atoms with Gasteiger partial charge in [-0.3, -0.25) is 4.90 Å². The monoisotopic (exact) mass is 195 g/mol. The number of hydrogen-bond donors (Lipinski definition) is 1. The van der Waals surface area contributed by atoms with Crippen molar-refractivity contribution in [2.24, 2.45) is 7.05 Å². The standard InChI is InChI=1S/C10H17N3O/c1-12-8-11-5-10(12)6-13-4-2-3-9(13)7-14/h5,8-9,14H,2-4,6-7H2,1H3. The normalized spacial score (nSPS) is 23.1. The number of nitrogens with zero attached hydrogens (tertiary/aromatic N) is 3. The third-order valence-electron chi connectivity index (χ3n) is 2.99. The summed E-state index contributed by atoms with van der Waals surface area (Å²) in [6, 6.07) is 0.352. The highest BCUT2D eigenvalue weighted by atomic mass is 16.3. The van der Waals surface area contributed by atoms with E-state index in [0.29, 0.717) is 6.04 Å². The molecule has 1 aromatic heterocycles. The van der Waals surface area contributed by atoms with Crippen molar-refractivity contribution in [3.8, 4) is 0 Å². The van der Waals surface area contributed by atoms with Crippen molar-refractivity contribution in [1.82, 2.24) is 14.5 Å². The van der Waals surface area contributed by atoms with Crippen LogP contribution in [0.3, 0.4) is 0 Å². The van der Waals surface area contributed by atoms with Gasteiger partial charge in [0.05, 0.1) is 18.6 Å².